The summed E-state index contributed by atoms with van der Waals surface area (Å²) < 4.78 is 0. The molecule has 0 aliphatic heterocycles. The van der Waals surface area contributed by atoms with Crippen molar-refractivity contribution in [3.63, 3.8) is 0 Å². The van der Waals surface area contributed by atoms with E-state index in [-0.39, 0.29) is 10.8 Å². The molecular formula is C23H31N. The quantitative estimate of drug-likeness (QED) is 0.624. The highest BCUT2D eigenvalue weighted by molar-refractivity contribution is 5.73. The summed E-state index contributed by atoms with van der Waals surface area (Å²) in [7, 11) is 2.22. The van der Waals surface area contributed by atoms with Crippen LogP contribution in [0.5, 0.6) is 0 Å². The second-order valence-corrected chi connectivity index (χ2v) is 8.93. The van der Waals surface area contributed by atoms with Crippen LogP contribution in [0.2, 0.25) is 0 Å². The fourth-order valence-electron chi connectivity index (χ4n) is 4.88. The van der Waals surface area contributed by atoms with Crippen LogP contribution < -0.4 is 4.90 Å². The van der Waals surface area contributed by atoms with E-state index in [1.165, 1.54) is 45.6 Å². The molecule has 2 aromatic carbocycles. The Bertz CT molecular complexity index is 796. The van der Waals surface area contributed by atoms with Crippen molar-refractivity contribution in [2.45, 2.75) is 65.7 Å². The number of rotatable bonds is 2. The zero-order chi connectivity index (χ0) is 17.9. The Labute approximate surface area is 147 Å². The number of anilines is 2. The lowest BCUT2D eigenvalue weighted by Gasteiger charge is -2.30. The lowest BCUT2D eigenvalue weighted by atomic mass is 9.81. The highest BCUT2D eigenvalue weighted by Crippen LogP contribution is 2.53. The summed E-state index contributed by atoms with van der Waals surface area (Å²) >= 11 is 0. The van der Waals surface area contributed by atoms with Gasteiger partial charge in [0.25, 0.3) is 0 Å². The first kappa shape index (κ1) is 17.1. The van der Waals surface area contributed by atoms with Crippen molar-refractivity contribution in [3.8, 4) is 0 Å². The summed E-state index contributed by atoms with van der Waals surface area (Å²) in [6.07, 6.45) is 1.20. The average molecular weight is 322 g/mol. The second-order valence-electron chi connectivity index (χ2n) is 8.93. The minimum Gasteiger partial charge on any atom is -0.344 e. The first-order chi connectivity index (χ1) is 11.0. The fourth-order valence-corrected chi connectivity index (χ4v) is 4.88. The molecule has 0 saturated carbocycles. The van der Waals surface area contributed by atoms with Gasteiger partial charge in [0.05, 0.1) is 0 Å². The van der Waals surface area contributed by atoms with Crippen LogP contribution >= 0.6 is 0 Å². The maximum Gasteiger partial charge on any atom is 0.0449 e. The molecule has 0 atom stereocenters. The third-order valence-electron chi connectivity index (χ3n) is 5.84. The molecule has 1 aliphatic rings. The average Bonchev–Trinajstić information content (AvgIpc) is 2.67. The number of nitrogens with zero attached hydrogens (tertiary/aromatic N) is 1. The van der Waals surface area contributed by atoms with Crippen molar-refractivity contribution in [2.24, 2.45) is 0 Å². The molecule has 128 valence electrons. The van der Waals surface area contributed by atoms with Gasteiger partial charge in [-0.2, -0.15) is 0 Å². The van der Waals surface area contributed by atoms with Gasteiger partial charge in [0.15, 0.2) is 0 Å². The molecule has 0 fully saturated rings. The number of aryl methyl sites for hydroxylation is 2. The van der Waals surface area contributed by atoms with E-state index in [1.54, 1.807) is 0 Å². The number of benzene rings is 2. The molecule has 24 heavy (non-hydrogen) atoms. The normalized spacial score (nSPS) is 17.7. The van der Waals surface area contributed by atoms with Gasteiger partial charge in [0, 0.05) is 18.4 Å². The third kappa shape index (κ3) is 2.55. The fraction of sp³-hybridized carbons (Fsp3) is 0.478. The molecule has 0 heterocycles. The molecule has 2 aromatic rings. The van der Waals surface area contributed by atoms with Crippen molar-refractivity contribution in [1.29, 1.82) is 0 Å². The molecule has 0 aromatic heterocycles. The Balaban J connectivity index is 2.21. The monoisotopic (exact) mass is 321 g/mol. The summed E-state index contributed by atoms with van der Waals surface area (Å²) in [6.45, 7) is 16.2. The van der Waals surface area contributed by atoms with Gasteiger partial charge in [-0.3, -0.25) is 0 Å². The second kappa shape index (κ2) is 5.37. The van der Waals surface area contributed by atoms with Gasteiger partial charge in [-0.15, -0.1) is 0 Å². The Hall–Kier alpha value is -1.76. The summed E-state index contributed by atoms with van der Waals surface area (Å²) in [5, 5.41) is 0. The standard InChI is InChI=1S/C23H31N/c1-15-12-16(2)17(3)20(13-15)24(8)19-11-9-10-18-21(19)23(6,7)14-22(18,4)5/h9-13H,14H2,1-8H3. The van der Waals surface area contributed by atoms with Crippen molar-refractivity contribution < 1.29 is 0 Å². The first-order valence-corrected chi connectivity index (χ1v) is 9.00. The SMILES string of the molecule is Cc1cc(C)c(C)c(N(C)c2cccc3c2C(C)(C)CC3(C)C)c1. The summed E-state index contributed by atoms with van der Waals surface area (Å²) in [4.78, 5) is 2.40. The Morgan fingerprint density at radius 1 is 0.875 bits per heavy atom. The lowest BCUT2D eigenvalue weighted by Crippen LogP contribution is -2.20. The third-order valence-corrected chi connectivity index (χ3v) is 5.84. The van der Waals surface area contributed by atoms with E-state index in [0.29, 0.717) is 0 Å². The predicted octanol–water partition coefficient (Wildman–Crippen LogP) is 6.34. The van der Waals surface area contributed by atoms with Gasteiger partial charge in [-0.25, -0.2) is 0 Å². The number of hydrogen-bond acceptors (Lipinski definition) is 1. The molecule has 0 amide bonds. The van der Waals surface area contributed by atoms with E-state index in [4.69, 9.17) is 0 Å². The van der Waals surface area contributed by atoms with Crippen molar-refractivity contribution in [1.82, 2.24) is 0 Å². The van der Waals surface area contributed by atoms with Crippen molar-refractivity contribution >= 4 is 11.4 Å². The molecule has 0 N–H and O–H groups in total. The minimum absolute atomic E-state index is 0.205. The van der Waals surface area contributed by atoms with E-state index < -0.39 is 0 Å². The Morgan fingerprint density at radius 3 is 2.21 bits per heavy atom. The number of hydrogen-bond donors (Lipinski definition) is 0. The molecular weight excluding hydrogens is 290 g/mol. The van der Waals surface area contributed by atoms with Gasteiger partial charge in [-0.05, 0) is 78.0 Å². The largest absolute Gasteiger partial charge is 0.344 e. The molecule has 0 saturated heterocycles. The van der Waals surface area contributed by atoms with Crippen LogP contribution in [0.3, 0.4) is 0 Å². The van der Waals surface area contributed by atoms with Gasteiger partial charge in [0.1, 0.15) is 0 Å². The first-order valence-electron chi connectivity index (χ1n) is 9.00. The highest BCUT2D eigenvalue weighted by Gasteiger charge is 2.43. The molecule has 1 nitrogen and oxygen atoms in total. The Morgan fingerprint density at radius 2 is 1.54 bits per heavy atom. The molecule has 1 heteroatoms. The lowest BCUT2D eigenvalue weighted by molar-refractivity contribution is 0.403. The van der Waals surface area contributed by atoms with E-state index in [1.807, 2.05) is 0 Å². The van der Waals surface area contributed by atoms with Crippen LogP contribution in [0, 0.1) is 20.8 Å². The van der Waals surface area contributed by atoms with Crippen LogP contribution in [0.15, 0.2) is 30.3 Å². The van der Waals surface area contributed by atoms with Gasteiger partial charge >= 0.3 is 0 Å². The predicted molar refractivity (Wildman–Crippen MR) is 106 cm³/mol. The van der Waals surface area contributed by atoms with E-state index in [9.17, 15) is 0 Å². The molecule has 0 unspecified atom stereocenters. The van der Waals surface area contributed by atoms with E-state index in [0.717, 1.165) is 0 Å². The van der Waals surface area contributed by atoms with Gasteiger partial charge in [0.2, 0.25) is 0 Å². The highest BCUT2D eigenvalue weighted by atomic mass is 15.1. The van der Waals surface area contributed by atoms with Gasteiger partial charge < -0.3 is 4.90 Å². The van der Waals surface area contributed by atoms with Crippen molar-refractivity contribution in [2.75, 3.05) is 11.9 Å². The van der Waals surface area contributed by atoms with Crippen LogP contribution in [0.25, 0.3) is 0 Å². The molecule has 0 spiro atoms. The smallest absolute Gasteiger partial charge is 0.0449 e. The van der Waals surface area contributed by atoms with Crippen LogP contribution in [0.1, 0.15) is 61.9 Å². The number of fused-ring (bicyclic) bond motifs is 1. The maximum absolute atomic E-state index is 2.40. The van der Waals surface area contributed by atoms with Crippen LogP contribution in [-0.2, 0) is 10.8 Å². The summed E-state index contributed by atoms with van der Waals surface area (Å²) in [6, 6.07) is 11.4. The molecule has 0 bridgehead atoms. The van der Waals surface area contributed by atoms with Gasteiger partial charge in [-0.1, -0.05) is 45.9 Å². The molecule has 1 aliphatic carbocycles. The van der Waals surface area contributed by atoms with E-state index in [2.05, 4.69) is 90.7 Å². The van der Waals surface area contributed by atoms with Crippen molar-refractivity contribution in [3.05, 3.63) is 58.1 Å². The molecule has 3 rings (SSSR count). The van der Waals surface area contributed by atoms with Crippen LogP contribution in [0.4, 0.5) is 11.4 Å². The molecule has 0 radical (unpaired) electrons. The van der Waals surface area contributed by atoms with Crippen LogP contribution in [-0.4, -0.2) is 7.05 Å². The van der Waals surface area contributed by atoms with E-state index >= 15 is 0 Å². The summed E-state index contributed by atoms with van der Waals surface area (Å²) in [5.74, 6) is 0. The minimum atomic E-state index is 0.205. The zero-order valence-corrected chi connectivity index (χ0v) is 16.5. The topological polar surface area (TPSA) is 3.24 Å². The summed E-state index contributed by atoms with van der Waals surface area (Å²) in [5.41, 5.74) is 10.2. The zero-order valence-electron chi connectivity index (χ0n) is 16.5. The maximum atomic E-state index is 2.40. The Kier molecular flexibility index (Phi) is 3.82.